The normalized spacial score (nSPS) is 9.72. The summed E-state index contributed by atoms with van der Waals surface area (Å²) in [4.78, 5) is 32.2. The lowest BCUT2D eigenvalue weighted by atomic mass is 10.4. The first-order valence-corrected chi connectivity index (χ1v) is 5.34. The number of hydrogen-bond donors (Lipinski definition) is 0. The Morgan fingerprint density at radius 2 is 2.00 bits per heavy atom. The Morgan fingerprint density at radius 1 is 1.28 bits per heavy atom. The first kappa shape index (κ1) is 13.9. The van der Waals surface area contributed by atoms with Crippen LogP contribution in [-0.2, 0) is 14.3 Å². The summed E-state index contributed by atoms with van der Waals surface area (Å²) in [5.74, 6) is -0.536. The predicted molar refractivity (Wildman–Crippen MR) is 63.3 cm³/mol. The first-order chi connectivity index (χ1) is 8.62. The summed E-state index contributed by atoms with van der Waals surface area (Å²) >= 11 is 0. The van der Waals surface area contributed by atoms with Gasteiger partial charge in [0, 0.05) is 6.54 Å². The molecular weight excluding hydrogens is 238 g/mol. The van der Waals surface area contributed by atoms with E-state index >= 15 is 0 Å². The van der Waals surface area contributed by atoms with Gasteiger partial charge in [0.1, 0.15) is 12.4 Å². The minimum absolute atomic E-state index is 0.0479. The van der Waals surface area contributed by atoms with E-state index in [2.05, 4.69) is 19.4 Å². The fourth-order valence-electron chi connectivity index (χ4n) is 1.29. The Morgan fingerprint density at radius 3 is 2.56 bits per heavy atom. The van der Waals surface area contributed by atoms with Crippen LogP contribution < -0.4 is 4.90 Å². The highest BCUT2D eigenvalue weighted by Gasteiger charge is 2.14. The molecule has 0 bridgehead atoms. The van der Waals surface area contributed by atoms with E-state index in [9.17, 15) is 9.59 Å². The molecule has 7 nitrogen and oxygen atoms in total. The van der Waals surface area contributed by atoms with Gasteiger partial charge in [-0.25, -0.2) is 9.78 Å². The number of rotatable bonds is 5. The van der Waals surface area contributed by atoms with Gasteiger partial charge in [-0.05, 0) is 6.92 Å². The molecule has 0 N–H and O–H groups in total. The molecule has 1 heterocycles. The van der Waals surface area contributed by atoms with Crippen LogP contribution in [0.4, 0.5) is 5.82 Å². The topological polar surface area (TPSA) is 81.6 Å². The predicted octanol–water partition coefficient (Wildman–Crippen LogP) is 0.262. The zero-order chi connectivity index (χ0) is 13.5. The Kier molecular flexibility index (Phi) is 5.04. The van der Waals surface area contributed by atoms with Crippen LogP contribution in [0.5, 0.6) is 0 Å². The van der Waals surface area contributed by atoms with Crippen LogP contribution >= 0.6 is 0 Å². The lowest BCUT2D eigenvalue weighted by Crippen LogP contribution is -2.31. The largest absolute Gasteiger partial charge is 0.468 e. The van der Waals surface area contributed by atoms with Gasteiger partial charge < -0.3 is 14.4 Å². The van der Waals surface area contributed by atoms with E-state index in [1.165, 1.54) is 26.6 Å². The number of nitrogens with zero attached hydrogens (tertiary/aromatic N) is 3. The Bertz CT molecular complexity index is 436. The summed E-state index contributed by atoms with van der Waals surface area (Å²) in [7, 11) is 2.58. The van der Waals surface area contributed by atoms with E-state index in [4.69, 9.17) is 0 Å². The number of aromatic nitrogens is 2. The van der Waals surface area contributed by atoms with Gasteiger partial charge in [0.05, 0.1) is 26.6 Å². The molecule has 7 heteroatoms. The number of methoxy groups -OCH3 is 2. The second-order valence-electron chi connectivity index (χ2n) is 3.34. The highest BCUT2D eigenvalue weighted by atomic mass is 16.5. The molecular formula is C11H15N3O4. The quantitative estimate of drug-likeness (QED) is 0.696. The number of anilines is 1. The molecule has 0 aromatic carbocycles. The van der Waals surface area contributed by atoms with Crippen molar-refractivity contribution < 1.29 is 19.1 Å². The third-order valence-corrected chi connectivity index (χ3v) is 2.27. The third kappa shape index (κ3) is 3.41. The molecule has 0 atom stereocenters. The van der Waals surface area contributed by atoms with Crippen molar-refractivity contribution in [1.82, 2.24) is 9.97 Å². The molecule has 1 rings (SSSR count). The summed E-state index contributed by atoms with van der Waals surface area (Å²) in [6.07, 6.45) is 2.78. The lowest BCUT2D eigenvalue weighted by Gasteiger charge is -2.20. The van der Waals surface area contributed by atoms with Gasteiger partial charge in [-0.2, -0.15) is 0 Å². The third-order valence-electron chi connectivity index (χ3n) is 2.27. The number of carbonyl (C=O) groups excluding carboxylic acids is 2. The van der Waals surface area contributed by atoms with Crippen LogP contribution in [0.2, 0.25) is 0 Å². The van der Waals surface area contributed by atoms with Crippen LogP contribution in [0.1, 0.15) is 17.4 Å². The molecule has 0 fully saturated rings. The fraction of sp³-hybridized carbons (Fsp3) is 0.455. The van der Waals surface area contributed by atoms with Crippen molar-refractivity contribution in [3.8, 4) is 0 Å². The maximum absolute atomic E-state index is 11.3. The standard InChI is InChI=1S/C11H15N3O4/c1-4-14(7-10(15)17-2)9-6-12-5-8(13-9)11(16)18-3/h5-6H,4,7H2,1-3H3. The maximum atomic E-state index is 11.3. The highest BCUT2D eigenvalue weighted by Crippen LogP contribution is 2.10. The summed E-state index contributed by atoms with van der Waals surface area (Å²) in [5, 5.41) is 0. The molecule has 0 amide bonds. The minimum Gasteiger partial charge on any atom is -0.468 e. The van der Waals surface area contributed by atoms with Gasteiger partial charge in [-0.3, -0.25) is 9.78 Å². The molecule has 0 unspecified atom stereocenters. The minimum atomic E-state index is -0.571. The summed E-state index contributed by atoms with van der Waals surface area (Å²) in [6, 6.07) is 0. The van der Waals surface area contributed by atoms with E-state index in [1.807, 2.05) is 6.92 Å². The van der Waals surface area contributed by atoms with E-state index in [0.717, 1.165) is 0 Å². The Labute approximate surface area is 105 Å². The van der Waals surface area contributed by atoms with Gasteiger partial charge in [-0.15, -0.1) is 0 Å². The van der Waals surface area contributed by atoms with Crippen LogP contribution in [-0.4, -0.2) is 49.2 Å². The SMILES string of the molecule is CCN(CC(=O)OC)c1cncc(C(=O)OC)n1. The zero-order valence-corrected chi connectivity index (χ0v) is 10.5. The fourth-order valence-corrected chi connectivity index (χ4v) is 1.29. The molecule has 0 radical (unpaired) electrons. The summed E-state index contributed by atoms with van der Waals surface area (Å²) in [5.41, 5.74) is 0.0957. The van der Waals surface area contributed by atoms with Crippen molar-refractivity contribution in [3.63, 3.8) is 0 Å². The molecule has 0 saturated heterocycles. The first-order valence-electron chi connectivity index (χ1n) is 5.34. The molecule has 0 aliphatic rings. The monoisotopic (exact) mass is 253 g/mol. The van der Waals surface area contributed by atoms with Gasteiger partial charge in [0.25, 0.3) is 0 Å². The molecule has 98 valence electrons. The highest BCUT2D eigenvalue weighted by molar-refractivity contribution is 5.87. The van der Waals surface area contributed by atoms with Crippen LogP contribution in [0.25, 0.3) is 0 Å². The summed E-state index contributed by atoms with van der Waals surface area (Å²) < 4.78 is 9.14. The second kappa shape index (κ2) is 6.53. The molecule has 1 aromatic heterocycles. The van der Waals surface area contributed by atoms with Gasteiger partial charge in [0.15, 0.2) is 5.69 Å². The zero-order valence-electron chi connectivity index (χ0n) is 10.5. The van der Waals surface area contributed by atoms with E-state index in [0.29, 0.717) is 12.4 Å². The average molecular weight is 253 g/mol. The van der Waals surface area contributed by atoms with Crippen molar-refractivity contribution in [2.45, 2.75) is 6.92 Å². The van der Waals surface area contributed by atoms with Crippen molar-refractivity contribution in [2.75, 3.05) is 32.2 Å². The molecule has 0 saturated carbocycles. The molecule has 1 aromatic rings. The van der Waals surface area contributed by atoms with Crippen molar-refractivity contribution in [1.29, 1.82) is 0 Å². The average Bonchev–Trinajstić information content (AvgIpc) is 2.43. The van der Waals surface area contributed by atoms with Crippen LogP contribution in [0.15, 0.2) is 12.4 Å². The number of carbonyl (C=O) groups is 2. The molecule has 0 aliphatic heterocycles. The lowest BCUT2D eigenvalue weighted by molar-refractivity contribution is -0.138. The maximum Gasteiger partial charge on any atom is 0.358 e. The Balaban J connectivity index is 2.92. The number of esters is 2. The van der Waals surface area contributed by atoms with Crippen LogP contribution in [0, 0.1) is 0 Å². The van der Waals surface area contributed by atoms with Gasteiger partial charge in [0.2, 0.25) is 0 Å². The second-order valence-corrected chi connectivity index (χ2v) is 3.34. The number of ether oxygens (including phenoxy) is 2. The van der Waals surface area contributed by atoms with Gasteiger partial charge in [-0.1, -0.05) is 0 Å². The molecule has 0 spiro atoms. The molecule has 18 heavy (non-hydrogen) atoms. The van der Waals surface area contributed by atoms with E-state index in [1.54, 1.807) is 4.90 Å². The van der Waals surface area contributed by atoms with E-state index < -0.39 is 5.97 Å². The smallest absolute Gasteiger partial charge is 0.358 e. The van der Waals surface area contributed by atoms with Crippen LogP contribution in [0.3, 0.4) is 0 Å². The van der Waals surface area contributed by atoms with Crippen molar-refractivity contribution >= 4 is 17.8 Å². The number of hydrogen-bond acceptors (Lipinski definition) is 7. The van der Waals surface area contributed by atoms with Gasteiger partial charge >= 0.3 is 11.9 Å². The number of likely N-dealkylation sites (N-methyl/N-ethyl adjacent to an activating group) is 1. The van der Waals surface area contributed by atoms with Crippen molar-refractivity contribution in [2.24, 2.45) is 0 Å². The summed E-state index contributed by atoms with van der Waals surface area (Å²) in [6.45, 7) is 2.44. The van der Waals surface area contributed by atoms with Crippen molar-refractivity contribution in [3.05, 3.63) is 18.1 Å². The Hall–Kier alpha value is -2.18. The van der Waals surface area contributed by atoms with E-state index in [-0.39, 0.29) is 18.2 Å². The molecule has 0 aliphatic carbocycles.